The lowest BCUT2D eigenvalue weighted by molar-refractivity contribution is 0.0690. The van der Waals surface area contributed by atoms with E-state index in [1.54, 1.807) is 0 Å². The Morgan fingerprint density at radius 3 is 2.45 bits per heavy atom. The molecule has 0 fully saturated rings. The van der Waals surface area contributed by atoms with Crippen molar-refractivity contribution in [2.75, 3.05) is 0 Å². The van der Waals surface area contributed by atoms with E-state index in [1.165, 1.54) is 12.3 Å². The number of carboxylic acids is 1. The summed E-state index contributed by atoms with van der Waals surface area (Å²) in [6.07, 6.45) is 1.36. The number of amides is 1. The summed E-state index contributed by atoms with van der Waals surface area (Å²) in [5.74, 6) is -4.71. The van der Waals surface area contributed by atoms with Crippen LogP contribution in [0.15, 0.2) is 28.9 Å². The van der Waals surface area contributed by atoms with Crippen LogP contribution in [0.25, 0.3) is 0 Å². The molecule has 0 saturated heterocycles. The molecule has 104 valence electrons. The molecule has 0 spiro atoms. The van der Waals surface area contributed by atoms with Crippen molar-refractivity contribution >= 4 is 11.9 Å². The first-order valence-corrected chi connectivity index (χ1v) is 5.39. The normalized spacial score (nSPS) is 10.3. The molecule has 2 aromatic rings. The van der Waals surface area contributed by atoms with E-state index in [9.17, 15) is 18.4 Å². The molecule has 1 amide bonds. The lowest BCUT2D eigenvalue weighted by Gasteiger charge is -2.07. The number of nitrogens with one attached hydrogen (secondary N) is 1. The molecular weight excluding hydrogens is 274 g/mol. The Bertz CT molecular complexity index is 656. The van der Waals surface area contributed by atoms with Gasteiger partial charge in [0.05, 0.1) is 23.9 Å². The first-order chi connectivity index (χ1) is 9.49. The van der Waals surface area contributed by atoms with Gasteiger partial charge in [0.25, 0.3) is 5.91 Å². The number of carboxylic acid groups (broad SMARTS) is 1. The van der Waals surface area contributed by atoms with Gasteiger partial charge in [-0.05, 0) is 12.1 Å². The lowest BCUT2D eigenvalue weighted by atomic mass is 10.1. The number of rotatable bonds is 4. The first-order valence-electron chi connectivity index (χ1n) is 5.39. The summed E-state index contributed by atoms with van der Waals surface area (Å²) in [7, 11) is 0. The van der Waals surface area contributed by atoms with Crippen LogP contribution in [0.4, 0.5) is 8.78 Å². The van der Waals surface area contributed by atoms with Crippen molar-refractivity contribution in [3.05, 3.63) is 52.9 Å². The Hall–Kier alpha value is -2.77. The molecule has 2 rings (SSSR count). The molecule has 0 saturated carbocycles. The lowest BCUT2D eigenvalue weighted by Crippen LogP contribution is -2.25. The highest BCUT2D eigenvalue weighted by Crippen LogP contribution is 2.15. The summed E-state index contributed by atoms with van der Waals surface area (Å²) in [5.41, 5.74) is -1.10. The summed E-state index contributed by atoms with van der Waals surface area (Å²) < 4.78 is 30.8. The third-order valence-corrected chi connectivity index (χ3v) is 2.45. The largest absolute Gasteiger partial charge is 0.478 e. The van der Waals surface area contributed by atoms with Crippen LogP contribution in [0.3, 0.4) is 0 Å². The van der Waals surface area contributed by atoms with Crippen LogP contribution < -0.4 is 5.32 Å². The molecule has 1 aromatic heterocycles. The number of halogens is 2. The zero-order valence-electron chi connectivity index (χ0n) is 9.89. The molecule has 0 aliphatic heterocycles. The van der Waals surface area contributed by atoms with Gasteiger partial charge in [0.1, 0.15) is 0 Å². The van der Waals surface area contributed by atoms with E-state index >= 15 is 0 Å². The van der Waals surface area contributed by atoms with E-state index in [-0.39, 0.29) is 6.54 Å². The van der Waals surface area contributed by atoms with Gasteiger partial charge in [-0.1, -0.05) is 5.16 Å². The third-order valence-electron chi connectivity index (χ3n) is 2.45. The van der Waals surface area contributed by atoms with E-state index in [0.29, 0.717) is 17.9 Å². The molecule has 1 aromatic carbocycles. The van der Waals surface area contributed by atoms with E-state index < -0.39 is 34.6 Å². The molecule has 0 aliphatic carbocycles. The quantitative estimate of drug-likeness (QED) is 0.888. The molecule has 6 nitrogen and oxygen atoms in total. The second-order valence-corrected chi connectivity index (χ2v) is 3.78. The Balaban J connectivity index is 2.24. The Kier molecular flexibility index (Phi) is 3.74. The van der Waals surface area contributed by atoms with Crippen LogP contribution in [0.1, 0.15) is 26.5 Å². The fraction of sp³-hybridized carbons (Fsp3) is 0.0833. The summed E-state index contributed by atoms with van der Waals surface area (Å²) in [6.45, 7) is -0.0586. The SMILES string of the molecule is O=C(O)c1cc(F)c(F)cc1C(=O)NCc1ccno1. The topological polar surface area (TPSA) is 92.4 Å². The van der Waals surface area contributed by atoms with Gasteiger partial charge in [0.15, 0.2) is 17.4 Å². The van der Waals surface area contributed by atoms with Gasteiger partial charge in [0, 0.05) is 6.07 Å². The first kappa shape index (κ1) is 13.7. The molecule has 0 radical (unpaired) electrons. The molecule has 8 heteroatoms. The smallest absolute Gasteiger partial charge is 0.336 e. The Labute approximate surface area is 111 Å². The number of carbonyl (C=O) groups is 2. The van der Waals surface area contributed by atoms with Crippen molar-refractivity contribution in [2.24, 2.45) is 0 Å². The highest BCUT2D eigenvalue weighted by Gasteiger charge is 2.20. The highest BCUT2D eigenvalue weighted by molar-refractivity contribution is 6.04. The maximum atomic E-state index is 13.1. The number of nitrogens with zero attached hydrogens (tertiary/aromatic N) is 1. The maximum Gasteiger partial charge on any atom is 0.336 e. The minimum absolute atomic E-state index is 0.0586. The fourth-order valence-corrected chi connectivity index (χ4v) is 1.51. The predicted molar refractivity (Wildman–Crippen MR) is 61.0 cm³/mol. The van der Waals surface area contributed by atoms with Crippen molar-refractivity contribution in [3.63, 3.8) is 0 Å². The summed E-state index contributed by atoms with van der Waals surface area (Å²) in [5, 5.41) is 14.6. The standard InChI is InChI=1S/C12H8F2N2O4/c13-9-3-7(8(12(18)19)4-10(9)14)11(17)15-5-6-1-2-16-20-6/h1-4H,5H2,(H,15,17)(H,18,19). The molecule has 0 atom stereocenters. The number of benzene rings is 1. The Morgan fingerprint density at radius 2 is 1.90 bits per heavy atom. The minimum atomic E-state index is -1.53. The van der Waals surface area contributed by atoms with E-state index in [4.69, 9.17) is 9.63 Å². The molecule has 0 bridgehead atoms. The number of aromatic carboxylic acids is 1. The van der Waals surface area contributed by atoms with Gasteiger partial charge in [-0.15, -0.1) is 0 Å². The third kappa shape index (κ3) is 2.79. The van der Waals surface area contributed by atoms with Gasteiger partial charge < -0.3 is 14.9 Å². The van der Waals surface area contributed by atoms with Gasteiger partial charge >= 0.3 is 5.97 Å². The van der Waals surface area contributed by atoms with E-state index in [1.807, 2.05) is 0 Å². The number of aromatic nitrogens is 1. The van der Waals surface area contributed by atoms with Crippen LogP contribution >= 0.6 is 0 Å². The van der Waals surface area contributed by atoms with E-state index in [0.717, 1.165) is 0 Å². The Morgan fingerprint density at radius 1 is 1.25 bits per heavy atom. The molecular formula is C12H8F2N2O4. The van der Waals surface area contributed by atoms with Gasteiger partial charge in [-0.25, -0.2) is 13.6 Å². The molecule has 1 heterocycles. The zero-order chi connectivity index (χ0) is 14.7. The van der Waals surface area contributed by atoms with Crippen molar-refractivity contribution in [2.45, 2.75) is 6.54 Å². The maximum absolute atomic E-state index is 13.1. The predicted octanol–water partition coefficient (Wildman–Crippen LogP) is 1.58. The molecule has 2 N–H and O–H groups in total. The molecule has 0 aliphatic rings. The van der Waals surface area contributed by atoms with Crippen LogP contribution in [0.5, 0.6) is 0 Å². The van der Waals surface area contributed by atoms with Gasteiger partial charge in [-0.2, -0.15) is 0 Å². The minimum Gasteiger partial charge on any atom is -0.478 e. The van der Waals surface area contributed by atoms with Gasteiger partial charge in [-0.3, -0.25) is 4.79 Å². The average molecular weight is 282 g/mol. The zero-order valence-corrected chi connectivity index (χ0v) is 9.89. The molecule has 20 heavy (non-hydrogen) atoms. The summed E-state index contributed by atoms with van der Waals surface area (Å²) in [4.78, 5) is 22.7. The highest BCUT2D eigenvalue weighted by atomic mass is 19.2. The molecule has 0 unspecified atom stereocenters. The van der Waals surface area contributed by atoms with Crippen molar-refractivity contribution < 1.29 is 28.0 Å². The van der Waals surface area contributed by atoms with Crippen molar-refractivity contribution in [1.82, 2.24) is 10.5 Å². The van der Waals surface area contributed by atoms with Gasteiger partial charge in [0.2, 0.25) is 0 Å². The second kappa shape index (κ2) is 5.47. The van der Waals surface area contributed by atoms with Crippen LogP contribution in [-0.2, 0) is 6.54 Å². The monoisotopic (exact) mass is 282 g/mol. The number of hydrogen-bond donors (Lipinski definition) is 2. The summed E-state index contributed by atoms with van der Waals surface area (Å²) >= 11 is 0. The number of carbonyl (C=O) groups excluding carboxylic acids is 1. The average Bonchev–Trinajstić information content (AvgIpc) is 2.91. The fourth-order valence-electron chi connectivity index (χ4n) is 1.51. The van der Waals surface area contributed by atoms with Crippen LogP contribution in [-0.4, -0.2) is 22.1 Å². The van der Waals surface area contributed by atoms with E-state index in [2.05, 4.69) is 10.5 Å². The number of hydrogen-bond acceptors (Lipinski definition) is 4. The van der Waals surface area contributed by atoms with Crippen molar-refractivity contribution in [1.29, 1.82) is 0 Å². The van der Waals surface area contributed by atoms with Crippen LogP contribution in [0.2, 0.25) is 0 Å². The second-order valence-electron chi connectivity index (χ2n) is 3.78. The van der Waals surface area contributed by atoms with Crippen LogP contribution in [0, 0.1) is 11.6 Å². The summed E-state index contributed by atoms with van der Waals surface area (Å²) in [6, 6.07) is 2.49. The van der Waals surface area contributed by atoms with Crippen molar-refractivity contribution in [3.8, 4) is 0 Å².